The van der Waals surface area contributed by atoms with Crippen LogP contribution in [-0.4, -0.2) is 34.1 Å². The van der Waals surface area contributed by atoms with Gasteiger partial charge in [-0.15, -0.1) is 0 Å². The summed E-state index contributed by atoms with van der Waals surface area (Å²) in [4.78, 5) is 14.3. The van der Waals surface area contributed by atoms with Crippen LogP contribution in [0.15, 0.2) is 87.1 Å². The summed E-state index contributed by atoms with van der Waals surface area (Å²) in [6.07, 6.45) is 2.72. The predicted molar refractivity (Wildman–Crippen MR) is 145 cm³/mol. The van der Waals surface area contributed by atoms with Crippen LogP contribution in [0.2, 0.25) is 0 Å². The second kappa shape index (κ2) is 12.7. The minimum atomic E-state index is -4.43. The van der Waals surface area contributed by atoms with Crippen molar-refractivity contribution in [2.75, 3.05) is 12.9 Å². The summed E-state index contributed by atoms with van der Waals surface area (Å²) in [5.41, 5.74) is 1.30. The highest BCUT2D eigenvalue weighted by Gasteiger charge is 2.30. The fourth-order valence-corrected chi connectivity index (χ4v) is 4.83. The van der Waals surface area contributed by atoms with Gasteiger partial charge in [-0.1, -0.05) is 35.2 Å². The Labute approximate surface area is 228 Å². The molecule has 6 nitrogen and oxygen atoms in total. The third-order valence-electron chi connectivity index (χ3n) is 5.51. The van der Waals surface area contributed by atoms with Crippen LogP contribution in [0.3, 0.4) is 0 Å². The van der Waals surface area contributed by atoms with Gasteiger partial charge >= 0.3 is 6.18 Å². The number of ether oxygens (including phenoxy) is 2. The number of thioether (sulfide) groups is 1. The number of aromatic nitrogens is 2. The van der Waals surface area contributed by atoms with Crippen molar-refractivity contribution in [1.29, 1.82) is 0 Å². The molecule has 38 heavy (non-hydrogen) atoms. The van der Waals surface area contributed by atoms with E-state index >= 15 is 0 Å². The third kappa shape index (κ3) is 7.52. The van der Waals surface area contributed by atoms with Gasteiger partial charge in [0.25, 0.3) is 0 Å². The molecule has 0 amide bonds. The van der Waals surface area contributed by atoms with E-state index < -0.39 is 11.7 Å². The van der Waals surface area contributed by atoms with Crippen LogP contribution in [0.4, 0.5) is 19.0 Å². The number of benzene rings is 1. The smallest absolute Gasteiger partial charge is 0.416 e. The molecule has 0 radical (unpaired) electrons. The largest absolute Gasteiger partial charge is 0.453 e. The Bertz CT molecular complexity index is 1290. The SMILES string of the molecule is CS/C(=N\c1ncc(Sc2ccccn2)cc1Oc1ccc(C(F)(F)F)cc1)NC(=C(C)C)C1CCCO1. The highest BCUT2D eigenvalue weighted by molar-refractivity contribution is 8.13. The van der Waals surface area contributed by atoms with Crippen LogP contribution in [0.5, 0.6) is 11.5 Å². The maximum atomic E-state index is 13.0. The quantitative estimate of drug-likeness (QED) is 0.233. The average Bonchev–Trinajstić information content (AvgIpc) is 3.42. The molecule has 0 bridgehead atoms. The van der Waals surface area contributed by atoms with Gasteiger partial charge in [-0.3, -0.25) is 0 Å². The van der Waals surface area contributed by atoms with Crippen molar-refractivity contribution in [2.24, 2.45) is 4.99 Å². The maximum absolute atomic E-state index is 13.0. The van der Waals surface area contributed by atoms with Crippen molar-refractivity contribution in [1.82, 2.24) is 15.3 Å². The van der Waals surface area contributed by atoms with Gasteiger partial charge in [-0.2, -0.15) is 13.2 Å². The minimum Gasteiger partial charge on any atom is -0.453 e. The first kappa shape index (κ1) is 28.0. The molecule has 1 N–H and O–H groups in total. The molecule has 4 rings (SSSR count). The fraction of sp³-hybridized carbons (Fsp3) is 0.296. The predicted octanol–water partition coefficient (Wildman–Crippen LogP) is 7.85. The molecule has 200 valence electrons. The van der Waals surface area contributed by atoms with E-state index in [0.717, 1.165) is 52.8 Å². The number of amidine groups is 1. The van der Waals surface area contributed by atoms with Gasteiger partial charge in [0.2, 0.25) is 0 Å². The second-order valence-corrected chi connectivity index (χ2v) is 10.4. The molecule has 1 saturated heterocycles. The molecule has 2 aromatic heterocycles. The van der Waals surface area contributed by atoms with Crippen molar-refractivity contribution < 1.29 is 22.6 Å². The molecule has 11 heteroatoms. The van der Waals surface area contributed by atoms with E-state index in [2.05, 4.69) is 15.3 Å². The molecule has 1 aliphatic rings. The Hall–Kier alpha value is -3.02. The molecule has 1 atom stereocenters. The molecular weight excluding hydrogens is 533 g/mol. The van der Waals surface area contributed by atoms with Crippen molar-refractivity contribution in [2.45, 2.75) is 48.9 Å². The highest BCUT2D eigenvalue weighted by Crippen LogP contribution is 2.37. The number of halogens is 3. The molecule has 1 fully saturated rings. The summed E-state index contributed by atoms with van der Waals surface area (Å²) in [5.74, 6) is 0.821. The first-order chi connectivity index (χ1) is 18.2. The molecule has 1 aliphatic heterocycles. The van der Waals surface area contributed by atoms with Crippen LogP contribution in [0.25, 0.3) is 0 Å². The van der Waals surface area contributed by atoms with E-state index in [-0.39, 0.29) is 17.7 Å². The number of pyridine rings is 2. The van der Waals surface area contributed by atoms with E-state index in [1.807, 2.05) is 38.3 Å². The van der Waals surface area contributed by atoms with Gasteiger partial charge in [0.1, 0.15) is 10.8 Å². The first-order valence-corrected chi connectivity index (χ1v) is 13.9. The van der Waals surface area contributed by atoms with Crippen LogP contribution in [0.1, 0.15) is 32.3 Å². The topological polar surface area (TPSA) is 68.6 Å². The van der Waals surface area contributed by atoms with Gasteiger partial charge < -0.3 is 14.8 Å². The standard InChI is InChI=1S/C27H27F3N4O2S2/c1-17(2)24(21-7-6-14-35-21)33-26(37-3)34-25-22(36-19-11-9-18(10-12-19)27(28,29)30)15-20(16-32-25)38-23-8-4-5-13-31-23/h4-5,8-13,15-16,21H,6-7,14H2,1-3H3,(H,32,33,34). The van der Waals surface area contributed by atoms with E-state index in [1.54, 1.807) is 18.5 Å². The lowest BCUT2D eigenvalue weighted by atomic mass is 10.1. The fourth-order valence-electron chi connectivity index (χ4n) is 3.67. The van der Waals surface area contributed by atoms with Crippen molar-refractivity contribution in [3.63, 3.8) is 0 Å². The first-order valence-electron chi connectivity index (χ1n) is 11.9. The molecule has 0 aliphatic carbocycles. The Morgan fingerprint density at radius 3 is 2.53 bits per heavy atom. The zero-order valence-corrected chi connectivity index (χ0v) is 22.7. The maximum Gasteiger partial charge on any atom is 0.416 e. The van der Waals surface area contributed by atoms with E-state index in [0.29, 0.717) is 10.9 Å². The number of hydrogen-bond donors (Lipinski definition) is 1. The number of hydrogen-bond acceptors (Lipinski definition) is 7. The lowest BCUT2D eigenvalue weighted by Crippen LogP contribution is -2.28. The molecule has 3 heterocycles. The Morgan fingerprint density at radius 2 is 1.92 bits per heavy atom. The van der Waals surface area contributed by atoms with E-state index in [1.165, 1.54) is 35.7 Å². The van der Waals surface area contributed by atoms with Crippen molar-refractivity contribution >= 4 is 34.5 Å². The summed E-state index contributed by atoms with van der Waals surface area (Å²) in [6, 6.07) is 11.9. The number of aliphatic imine (C=N–C) groups is 1. The number of nitrogens with zero attached hydrogens (tertiary/aromatic N) is 3. The van der Waals surface area contributed by atoms with Crippen LogP contribution in [0, 0.1) is 0 Å². The average molecular weight is 561 g/mol. The number of alkyl halides is 3. The van der Waals surface area contributed by atoms with E-state index in [9.17, 15) is 13.2 Å². The highest BCUT2D eigenvalue weighted by atomic mass is 32.2. The van der Waals surface area contributed by atoms with E-state index in [4.69, 9.17) is 14.5 Å². The summed E-state index contributed by atoms with van der Waals surface area (Å²) >= 11 is 2.80. The lowest BCUT2D eigenvalue weighted by Gasteiger charge is -2.19. The van der Waals surface area contributed by atoms with Crippen LogP contribution in [-0.2, 0) is 10.9 Å². The summed E-state index contributed by atoms with van der Waals surface area (Å²) < 4.78 is 51.0. The molecular formula is C27H27F3N4O2S2. The molecule has 0 spiro atoms. The lowest BCUT2D eigenvalue weighted by molar-refractivity contribution is -0.137. The third-order valence-corrected chi connectivity index (χ3v) is 7.00. The number of rotatable bonds is 7. The minimum absolute atomic E-state index is 0.0228. The van der Waals surface area contributed by atoms with Gasteiger partial charge in [-0.25, -0.2) is 15.0 Å². The summed E-state index contributed by atoms with van der Waals surface area (Å²) in [7, 11) is 0. The molecule has 3 aromatic rings. The number of nitrogens with one attached hydrogen (secondary N) is 1. The molecule has 1 aromatic carbocycles. The zero-order chi connectivity index (χ0) is 27.1. The van der Waals surface area contributed by atoms with Gasteiger partial charge in [-0.05, 0) is 69.3 Å². The molecule has 1 unspecified atom stereocenters. The normalized spacial score (nSPS) is 15.8. The Balaban J connectivity index is 1.66. The zero-order valence-electron chi connectivity index (χ0n) is 21.1. The van der Waals surface area contributed by atoms with Gasteiger partial charge in [0.15, 0.2) is 16.7 Å². The Kier molecular flexibility index (Phi) is 9.35. The van der Waals surface area contributed by atoms with Gasteiger partial charge in [0, 0.05) is 35.7 Å². The van der Waals surface area contributed by atoms with Crippen LogP contribution < -0.4 is 10.1 Å². The number of allylic oxidation sites excluding steroid dienone is 1. The summed E-state index contributed by atoms with van der Waals surface area (Å²) in [5, 5.41) is 4.75. The van der Waals surface area contributed by atoms with Crippen LogP contribution >= 0.6 is 23.5 Å². The van der Waals surface area contributed by atoms with Gasteiger partial charge in [0.05, 0.1) is 11.7 Å². The van der Waals surface area contributed by atoms with Crippen molar-refractivity contribution in [3.8, 4) is 11.5 Å². The Morgan fingerprint density at radius 1 is 1.13 bits per heavy atom. The molecule has 0 saturated carbocycles. The summed E-state index contributed by atoms with van der Waals surface area (Å²) in [6.45, 7) is 4.75. The monoisotopic (exact) mass is 560 g/mol. The van der Waals surface area contributed by atoms with Crippen molar-refractivity contribution in [3.05, 3.63) is 77.8 Å². The second-order valence-electron chi connectivity index (χ2n) is 8.55.